The molecule has 4 aromatic rings. The van der Waals surface area contributed by atoms with Gasteiger partial charge in [0.2, 0.25) is 5.95 Å². The summed E-state index contributed by atoms with van der Waals surface area (Å²) in [5.74, 6) is -0.549. The van der Waals surface area contributed by atoms with Crippen LogP contribution in [0.5, 0.6) is 0 Å². The van der Waals surface area contributed by atoms with Crippen LogP contribution in [0.25, 0.3) is 10.9 Å². The number of piperidine rings is 1. The Bertz CT molecular complexity index is 1660. The van der Waals surface area contributed by atoms with Crippen LogP contribution in [0.3, 0.4) is 0 Å². The minimum absolute atomic E-state index is 0.0666. The number of primary amides is 1. The van der Waals surface area contributed by atoms with E-state index in [1.54, 1.807) is 41.4 Å². The van der Waals surface area contributed by atoms with Gasteiger partial charge in [0, 0.05) is 60.6 Å². The summed E-state index contributed by atoms with van der Waals surface area (Å²) < 4.78 is 5.33. The highest BCUT2D eigenvalue weighted by Crippen LogP contribution is 2.23. The van der Waals surface area contributed by atoms with Crippen molar-refractivity contribution in [3.8, 4) is 0 Å². The van der Waals surface area contributed by atoms with E-state index in [-0.39, 0.29) is 29.4 Å². The second kappa shape index (κ2) is 12.4. The molecule has 0 saturated carbocycles. The molecule has 4 heterocycles. The zero-order valence-electron chi connectivity index (χ0n) is 23.4. The van der Waals surface area contributed by atoms with Gasteiger partial charge < -0.3 is 30.9 Å². The van der Waals surface area contributed by atoms with Crippen LogP contribution in [0.1, 0.15) is 44.0 Å². The van der Waals surface area contributed by atoms with Crippen LogP contribution in [0.2, 0.25) is 0 Å². The number of carbonyl (C=O) groups is 3. The maximum Gasteiger partial charge on any atom is 0.273 e. The summed E-state index contributed by atoms with van der Waals surface area (Å²) in [5, 5.41) is 15.3. The number of nitrogens with zero attached hydrogens (tertiary/aromatic N) is 6. The maximum absolute atomic E-state index is 13.0. The summed E-state index contributed by atoms with van der Waals surface area (Å²) in [5.41, 5.74) is 7.99. The molecule has 2 aromatic carbocycles. The molecule has 1 atom stereocenters. The average molecular weight is 582 g/mol. The molecular weight excluding hydrogens is 550 g/mol. The molecule has 13 nitrogen and oxygen atoms in total. The molecule has 1 unspecified atom stereocenters. The predicted molar refractivity (Wildman–Crippen MR) is 159 cm³/mol. The second-order valence-electron chi connectivity index (χ2n) is 10.4. The van der Waals surface area contributed by atoms with E-state index in [0.717, 1.165) is 23.7 Å². The lowest BCUT2D eigenvalue weighted by molar-refractivity contribution is 0.0303. The number of rotatable bonds is 7. The van der Waals surface area contributed by atoms with Gasteiger partial charge >= 0.3 is 0 Å². The number of carbonyl (C=O) groups excluding carboxylic acids is 3. The molecule has 0 aliphatic carbocycles. The van der Waals surface area contributed by atoms with Crippen molar-refractivity contribution in [2.75, 3.05) is 49.6 Å². The van der Waals surface area contributed by atoms with E-state index in [9.17, 15) is 14.4 Å². The molecule has 220 valence electrons. The van der Waals surface area contributed by atoms with Crippen molar-refractivity contribution < 1.29 is 19.1 Å². The highest BCUT2D eigenvalue weighted by Gasteiger charge is 2.26. The summed E-state index contributed by atoms with van der Waals surface area (Å²) in [7, 11) is 0. The second-order valence-corrected chi connectivity index (χ2v) is 10.4. The number of nitrogens with one attached hydrogen (secondary N) is 2. The van der Waals surface area contributed by atoms with Crippen molar-refractivity contribution in [1.82, 2.24) is 30.4 Å². The summed E-state index contributed by atoms with van der Waals surface area (Å²) in [4.78, 5) is 50.5. The highest BCUT2D eigenvalue weighted by atomic mass is 16.5. The Morgan fingerprint density at radius 3 is 2.53 bits per heavy atom. The summed E-state index contributed by atoms with van der Waals surface area (Å²) in [6, 6.07) is 15.9. The minimum atomic E-state index is -0.775. The Kier molecular flexibility index (Phi) is 8.05. The van der Waals surface area contributed by atoms with Gasteiger partial charge in [0.1, 0.15) is 0 Å². The molecule has 43 heavy (non-hydrogen) atoms. The Hall–Kier alpha value is -5.17. The van der Waals surface area contributed by atoms with Crippen molar-refractivity contribution in [3.05, 3.63) is 77.6 Å². The highest BCUT2D eigenvalue weighted by molar-refractivity contribution is 5.98. The van der Waals surface area contributed by atoms with Crippen LogP contribution >= 0.6 is 0 Å². The molecule has 4 N–H and O–H groups in total. The van der Waals surface area contributed by atoms with Crippen molar-refractivity contribution in [1.29, 1.82) is 0 Å². The SMILES string of the molecule is NC(=O)c1nnc(N2CCCC(NC(=O)c3ccc4ncccc4c3)C2)nc1Nc1ccc(C(=O)N2CCOCC2)cc1. The number of fused-ring (bicyclic) bond motifs is 1. The minimum Gasteiger partial charge on any atom is -0.378 e. The molecule has 2 saturated heterocycles. The molecule has 6 rings (SSSR count). The Balaban J connectivity index is 1.14. The third-order valence-electron chi connectivity index (χ3n) is 7.51. The van der Waals surface area contributed by atoms with Gasteiger partial charge in [-0.15, -0.1) is 10.2 Å². The van der Waals surface area contributed by atoms with Crippen molar-refractivity contribution >= 4 is 46.1 Å². The number of pyridine rings is 1. The number of hydrogen-bond donors (Lipinski definition) is 3. The van der Waals surface area contributed by atoms with Gasteiger partial charge in [-0.3, -0.25) is 19.4 Å². The van der Waals surface area contributed by atoms with E-state index in [2.05, 4.69) is 30.8 Å². The Labute approximate surface area is 247 Å². The summed E-state index contributed by atoms with van der Waals surface area (Å²) in [6.07, 6.45) is 3.32. The van der Waals surface area contributed by atoms with E-state index < -0.39 is 5.91 Å². The smallest absolute Gasteiger partial charge is 0.273 e. The number of nitrogens with two attached hydrogens (primary N) is 1. The fourth-order valence-electron chi connectivity index (χ4n) is 5.25. The molecule has 2 aliphatic heterocycles. The largest absolute Gasteiger partial charge is 0.378 e. The molecular formula is C30H31N9O4. The van der Waals surface area contributed by atoms with Crippen LogP contribution in [0, 0.1) is 0 Å². The Morgan fingerprint density at radius 1 is 0.953 bits per heavy atom. The van der Waals surface area contributed by atoms with Gasteiger partial charge in [0.05, 0.1) is 18.7 Å². The fourth-order valence-corrected chi connectivity index (χ4v) is 5.25. The molecule has 0 bridgehead atoms. The van der Waals surface area contributed by atoms with E-state index in [4.69, 9.17) is 10.5 Å². The first-order valence-corrected chi connectivity index (χ1v) is 14.1. The quantitative estimate of drug-likeness (QED) is 0.294. The van der Waals surface area contributed by atoms with Crippen molar-refractivity contribution in [2.24, 2.45) is 5.73 Å². The standard InChI is InChI=1S/C30H31N9O4/c31-26(40)25-27(33-22-8-5-19(6-9-22)29(42)38-13-15-43-16-14-38)35-30(37-36-25)39-12-2-4-23(18-39)34-28(41)21-7-10-24-20(17-21)3-1-11-32-24/h1,3,5-11,17,23H,2,4,12-16,18H2,(H2,31,40)(H,34,41)(H,33,35,37). The molecule has 2 aliphatic rings. The average Bonchev–Trinajstić information content (AvgIpc) is 3.05. The van der Waals surface area contributed by atoms with Gasteiger partial charge in [-0.25, -0.2) is 0 Å². The summed E-state index contributed by atoms with van der Waals surface area (Å²) >= 11 is 0. The lowest BCUT2D eigenvalue weighted by Gasteiger charge is -2.33. The topological polar surface area (TPSA) is 169 Å². The zero-order valence-corrected chi connectivity index (χ0v) is 23.4. The maximum atomic E-state index is 13.0. The molecule has 0 radical (unpaired) electrons. The number of aromatic nitrogens is 4. The van der Waals surface area contributed by atoms with Gasteiger partial charge in [-0.1, -0.05) is 6.07 Å². The lowest BCUT2D eigenvalue weighted by Crippen LogP contribution is -2.48. The van der Waals surface area contributed by atoms with Gasteiger partial charge in [0.15, 0.2) is 11.5 Å². The monoisotopic (exact) mass is 581 g/mol. The molecule has 2 fully saturated rings. The van der Waals surface area contributed by atoms with Crippen molar-refractivity contribution in [3.63, 3.8) is 0 Å². The predicted octanol–water partition coefficient (Wildman–Crippen LogP) is 2.13. The zero-order chi connectivity index (χ0) is 29.8. The normalized spacial score (nSPS) is 17.0. The number of hydrogen-bond acceptors (Lipinski definition) is 10. The van der Waals surface area contributed by atoms with E-state index >= 15 is 0 Å². The van der Waals surface area contributed by atoms with Crippen LogP contribution in [-0.4, -0.2) is 88.2 Å². The third-order valence-corrected chi connectivity index (χ3v) is 7.51. The fraction of sp³-hybridized carbons (Fsp3) is 0.300. The van der Waals surface area contributed by atoms with Gasteiger partial charge in [-0.2, -0.15) is 4.98 Å². The van der Waals surface area contributed by atoms with E-state index in [1.807, 2.05) is 29.2 Å². The van der Waals surface area contributed by atoms with Crippen LogP contribution in [0.15, 0.2) is 60.8 Å². The first-order valence-electron chi connectivity index (χ1n) is 14.1. The summed E-state index contributed by atoms with van der Waals surface area (Å²) in [6.45, 7) is 3.28. The Morgan fingerprint density at radius 2 is 1.74 bits per heavy atom. The number of benzene rings is 2. The van der Waals surface area contributed by atoms with Crippen LogP contribution < -0.4 is 21.3 Å². The van der Waals surface area contributed by atoms with Gasteiger partial charge in [0.25, 0.3) is 17.7 Å². The molecule has 13 heteroatoms. The number of ether oxygens (including phenoxy) is 1. The number of anilines is 3. The molecule has 0 spiro atoms. The first kappa shape index (κ1) is 28.0. The number of morpholine rings is 1. The molecule has 2 aromatic heterocycles. The third kappa shape index (κ3) is 6.36. The number of amides is 3. The van der Waals surface area contributed by atoms with Gasteiger partial charge in [-0.05, 0) is 61.4 Å². The molecule has 3 amide bonds. The van der Waals surface area contributed by atoms with E-state index in [0.29, 0.717) is 62.2 Å². The van der Waals surface area contributed by atoms with Crippen LogP contribution in [-0.2, 0) is 4.74 Å². The lowest BCUT2D eigenvalue weighted by atomic mass is 10.0. The first-order chi connectivity index (χ1) is 20.9. The van der Waals surface area contributed by atoms with Crippen molar-refractivity contribution in [2.45, 2.75) is 18.9 Å². The van der Waals surface area contributed by atoms with Crippen LogP contribution in [0.4, 0.5) is 17.5 Å². The van der Waals surface area contributed by atoms with E-state index in [1.165, 1.54) is 0 Å².